The second-order valence-electron chi connectivity index (χ2n) is 6.00. The Morgan fingerprint density at radius 1 is 1.04 bits per heavy atom. The molecular weight excluding hydrogens is 368 g/mol. The van der Waals surface area contributed by atoms with Gasteiger partial charge in [0, 0.05) is 13.0 Å². The van der Waals surface area contributed by atoms with E-state index in [2.05, 4.69) is 10.0 Å². The van der Waals surface area contributed by atoms with E-state index in [1.54, 1.807) is 44.6 Å². The van der Waals surface area contributed by atoms with Crippen molar-refractivity contribution in [2.75, 3.05) is 25.2 Å². The summed E-state index contributed by atoms with van der Waals surface area (Å²) in [6, 6.07) is 12.5. The van der Waals surface area contributed by atoms with Gasteiger partial charge in [0.25, 0.3) is 0 Å². The van der Waals surface area contributed by atoms with E-state index in [1.165, 1.54) is 0 Å². The molecule has 0 fully saturated rings. The summed E-state index contributed by atoms with van der Waals surface area (Å²) in [6.07, 6.45) is 1.94. The second kappa shape index (κ2) is 9.27. The number of methoxy groups -OCH3 is 2. The van der Waals surface area contributed by atoms with E-state index in [0.29, 0.717) is 35.6 Å². The van der Waals surface area contributed by atoms with Crippen molar-refractivity contribution in [3.05, 3.63) is 53.6 Å². The summed E-state index contributed by atoms with van der Waals surface area (Å²) >= 11 is 0. The van der Waals surface area contributed by atoms with E-state index in [0.717, 1.165) is 11.8 Å². The van der Waals surface area contributed by atoms with Crippen molar-refractivity contribution in [3.63, 3.8) is 0 Å². The van der Waals surface area contributed by atoms with Crippen LogP contribution in [0.25, 0.3) is 0 Å². The van der Waals surface area contributed by atoms with Crippen LogP contribution in [0.15, 0.2) is 42.5 Å². The van der Waals surface area contributed by atoms with E-state index >= 15 is 0 Å². The molecule has 0 aliphatic heterocycles. The highest BCUT2D eigenvalue weighted by Crippen LogP contribution is 2.28. The van der Waals surface area contributed by atoms with Gasteiger partial charge in [0.2, 0.25) is 15.9 Å². The lowest BCUT2D eigenvalue weighted by Gasteiger charge is -2.12. The number of rotatable bonds is 9. The van der Waals surface area contributed by atoms with Crippen molar-refractivity contribution in [3.8, 4) is 11.5 Å². The standard InChI is InChI=1S/C19H24N2O5S/c1-25-17-10-8-14(12-18(17)26-2)9-11-19(22)20-13-15-6-4-5-7-16(15)21-27(3,23)24/h4-8,10,12,21H,9,11,13H2,1-3H3,(H,20,22). The Morgan fingerprint density at radius 2 is 1.74 bits per heavy atom. The fourth-order valence-corrected chi connectivity index (χ4v) is 3.15. The first-order valence-electron chi connectivity index (χ1n) is 8.35. The Balaban J connectivity index is 1.92. The molecule has 1 amide bonds. The number of ether oxygens (including phenoxy) is 2. The molecule has 2 aromatic rings. The molecule has 0 saturated carbocycles. The molecule has 0 saturated heterocycles. The fourth-order valence-electron chi connectivity index (χ4n) is 2.55. The minimum atomic E-state index is -3.38. The summed E-state index contributed by atoms with van der Waals surface area (Å²) in [5.74, 6) is 1.14. The maximum atomic E-state index is 12.2. The zero-order valence-electron chi connectivity index (χ0n) is 15.6. The largest absolute Gasteiger partial charge is 0.493 e. The lowest BCUT2D eigenvalue weighted by Crippen LogP contribution is -2.24. The number of anilines is 1. The highest BCUT2D eigenvalue weighted by molar-refractivity contribution is 7.92. The van der Waals surface area contributed by atoms with Gasteiger partial charge in [-0.1, -0.05) is 24.3 Å². The van der Waals surface area contributed by atoms with Gasteiger partial charge in [-0.2, -0.15) is 0 Å². The van der Waals surface area contributed by atoms with Crippen LogP contribution in [-0.2, 0) is 27.8 Å². The molecule has 27 heavy (non-hydrogen) atoms. The highest BCUT2D eigenvalue weighted by Gasteiger charge is 2.10. The Labute approximate surface area is 159 Å². The van der Waals surface area contributed by atoms with Crippen LogP contribution in [0.4, 0.5) is 5.69 Å². The maximum absolute atomic E-state index is 12.2. The topological polar surface area (TPSA) is 93.7 Å². The van der Waals surface area contributed by atoms with E-state index in [9.17, 15) is 13.2 Å². The van der Waals surface area contributed by atoms with Crippen LogP contribution < -0.4 is 19.5 Å². The van der Waals surface area contributed by atoms with E-state index < -0.39 is 10.0 Å². The molecule has 0 unspecified atom stereocenters. The van der Waals surface area contributed by atoms with Crippen molar-refractivity contribution in [1.82, 2.24) is 5.32 Å². The molecule has 0 radical (unpaired) electrons. The minimum absolute atomic E-state index is 0.126. The normalized spacial score (nSPS) is 10.9. The first-order chi connectivity index (χ1) is 12.8. The van der Waals surface area contributed by atoms with Gasteiger partial charge in [-0.15, -0.1) is 0 Å². The molecule has 0 spiro atoms. The number of sulfonamides is 1. The van der Waals surface area contributed by atoms with Crippen LogP contribution in [0.5, 0.6) is 11.5 Å². The number of hydrogen-bond acceptors (Lipinski definition) is 5. The van der Waals surface area contributed by atoms with Gasteiger partial charge in [-0.3, -0.25) is 9.52 Å². The quantitative estimate of drug-likeness (QED) is 0.683. The summed E-state index contributed by atoms with van der Waals surface area (Å²) in [4.78, 5) is 12.2. The van der Waals surface area contributed by atoms with Crippen LogP contribution in [-0.4, -0.2) is 34.8 Å². The first-order valence-corrected chi connectivity index (χ1v) is 10.2. The summed E-state index contributed by atoms with van der Waals surface area (Å²) in [6.45, 7) is 0.240. The number of benzene rings is 2. The van der Waals surface area contributed by atoms with Gasteiger partial charge >= 0.3 is 0 Å². The molecule has 146 valence electrons. The first kappa shape index (κ1) is 20.6. The van der Waals surface area contributed by atoms with Crippen LogP contribution in [0.3, 0.4) is 0 Å². The van der Waals surface area contributed by atoms with Crippen LogP contribution in [0.2, 0.25) is 0 Å². The molecule has 0 bridgehead atoms. The smallest absolute Gasteiger partial charge is 0.229 e. The van der Waals surface area contributed by atoms with Gasteiger partial charge in [0.05, 0.1) is 26.2 Å². The van der Waals surface area contributed by atoms with Crippen LogP contribution in [0, 0.1) is 0 Å². The summed E-state index contributed by atoms with van der Waals surface area (Å²) < 4.78 is 35.8. The van der Waals surface area contributed by atoms with Gasteiger partial charge in [-0.05, 0) is 35.7 Å². The van der Waals surface area contributed by atoms with Crippen molar-refractivity contribution in [2.45, 2.75) is 19.4 Å². The summed E-state index contributed by atoms with van der Waals surface area (Å²) in [5, 5.41) is 2.82. The molecular formula is C19H24N2O5S. The molecule has 7 nitrogen and oxygen atoms in total. The predicted molar refractivity (Wildman–Crippen MR) is 105 cm³/mol. The average Bonchev–Trinajstić information content (AvgIpc) is 2.64. The predicted octanol–water partition coefficient (Wildman–Crippen LogP) is 2.32. The highest BCUT2D eigenvalue weighted by atomic mass is 32.2. The van der Waals surface area contributed by atoms with Crippen molar-refractivity contribution in [1.29, 1.82) is 0 Å². The molecule has 2 aromatic carbocycles. The van der Waals surface area contributed by atoms with Gasteiger partial charge in [-0.25, -0.2) is 8.42 Å². The third-order valence-electron chi connectivity index (χ3n) is 3.88. The molecule has 0 atom stereocenters. The molecule has 0 heterocycles. The average molecular weight is 392 g/mol. The maximum Gasteiger partial charge on any atom is 0.229 e. The molecule has 0 aromatic heterocycles. The van der Waals surface area contributed by atoms with E-state index in [4.69, 9.17) is 9.47 Å². The molecule has 2 N–H and O–H groups in total. The third-order valence-corrected chi connectivity index (χ3v) is 4.47. The summed E-state index contributed by atoms with van der Waals surface area (Å²) in [5.41, 5.74) is 2.12. The van der Waals surface area contributed by atoms with Crippen LogP contribution in [0.1, 0.15) is 17.5 Å². The number of para-hydroxylation sites is 1. The Bertz CT molecular complexity index is 897. The SMILES string of the molecule is COc1ccc(CCC(=O)NCc2ccccc2NS(C)(=O)=O)cc1OC. The summed E-state index contributed by atoms with van der Waals surface area (Å²) in [7, 11) is -0.245. The lowest BCUT2D eigenvalue weighted by molar-refractivity contribution is -0.121. The number of amides is 1. The van der Waals surface area contributed by atoms with E-state index in [1.807, 2.05) is 12.1 Å². The number of carbonyl (C=O) groups excluding carboxylic acids is 1. The number of aryl methyl sites for hydroxylation is 1. The number of hydrogen-bond donors (Lipinski definition) is 2. The Hall–Kier alpha value is -2.74. The van der Waals surface area contributed by atoms with Crippen LogP contribution >= 0.6 is 0 Å². The Kier molecular flexibility index (Phi) is 7.06. The lowest BCUT2D eigenvalue weighted by atomic mass is 10.1. The zero-order chi connectivity index (χ0) is 19.9. The molecule has 0 aliphatic carbocycles. The molecule has 2 rings (SSSR count). The van der Waals surface area contributed by atoms with Crippen molar-refractivity contribution < 1.29 is 22.7 Å². The van der Waals surface area contributed by atoms with Crippen molar-refractivity contribution >= 4 is 21.6 Å². The van der Waals surface area contributed by atoms with Gasteiger partial charge in [0.15, 0.2) is 11.5 Å². The van der Waals surface area contributed by atoms with Gasteiger partial charge in [0.1, 0.15) is 0 Å². The molecule has 0 aliphatic rings. The third kappa shape index (κ3) is 6.49. The number of nitrogens with one attached hydrogen (secondary N) is 2. The zero-order valence-corrected chi connectivity index (χ0v) is 16.4. The monoisotopic (exact) mass is 392 g/mol. The fraction of sp³-hybridized carbons (Fsp3) is 0.316. The van der Waals surface area contributed by atoms with E-state index in [-0.39, 0.29) is 12.5 Å². The van der Waals surface area contributed by atoms with Crippen molar-refractivity contribution in [2.24, 2.45) is 0 Å². The minimum Gasteiger partial charge on any atom is -0.493 e. The Morgan fingerprint density at radius 3 is 2.41 bits per heavy atom. The van der Waals surface area contributed by atoms with Gasteiger partial charge < -0.3 is 14.8 Å². The second-order valence-corrected chi connectivity index (χ2v) is 7.75. The number of carbonyl (C=O) groups is 1. The molecule has 8 heteroatoms.